The molecule has 1 heterocycles. The maximum Gasteiger partial charge on any atom is 0.158 e. The van der Waals surface area contributed by atoms with Crippen LogP contribution in [0.2, 0.25) is 0 Å². The van der Waals surface area contributed by atoms with Crippen LogP contribution in [-0.2, 0) is 9.47 Å². The van der Waals surface area contributed by atoms with Gasteiger partial charge in [-0.25, -0.2) is 0 Å². The Kier molecular flexibility index (Phi) is 11.8. The lowest BCUT2D eigenvalue weighted by Crippen LogP contribution is -2.22. The smallest absolute Gasteiger partial charge is 0.158 e. The largest absolute Gasteiger partial charge is 0.353 e. The number of hydrogen-bond acceptors (Lipinski definition) is 2. The van der Waals surface area contributed by atoms with Crippen LogP contribution < -0.4 is 0 Å². The quantitative estimate of drug-likeness (QED) is 0.411. The molecule has 0 radical (unpaired) electrons. The number of rotatable bonds is 10. The third kappa shape index (κ3) is 10.3. The normalized spacial score (nSPS) is 18.6. The van der Waals surface area contributed by atoms with E-state index in [1.807, 2.05) is 0 Å². The van der Waals surface area contributed by atoms with Crippen molar-refractivity contribution in [2.75, 3.05) is 13.2 Å². The van der Waals surface area contributed by atoms with Gasteiger partial charge in [-0.2, -0.15) is 0 Å². The molecule has 1 atom stereocenters. The van der Waals surface area contributed by atoms with Gasteiger partial charge in [0.1, 0.15) is 6.61 Å². The van der Waals surface area contributed by atoms with Gasteiger partial charge in [-0.1, -0.05) is 57.8 Å². The molecule has 0 amide bonds. The Labute approximate surface area is 125 Å². The molecule has 2 nitrogen and oxygen atoms in total. The van der Waals surface area contributed by atoms with E-state index in [0.717, 1.165) is 19.4 Å². The monoisotopic (exact) mass is 280 g/mol. The maximum atomic E-state index is 5.57. The molecule has 0 bridgehead atoms. The minimum absolute atomic E-state index is 0.00108. The predicted octanol–water partition coefficient (Wildman–Crippen LogP) is 5.06. The van der Waals surface area contributed by atoms with E-state index in [4.69, 9.17) is 9.47 Å². The summed E-state index contributed by atoms with van der Waals surface area (Å²) in [6.45, 7) is 3.64. The van der Waals surface area contributed by atoms with Crippen molar-refractivity contribution in [1.82, 2.24) is 0 Å². The van der Waals surface area contributed by atoms with Crippen molar-refractivity contribution < 1.29 is 9.47 Å². The van der Waals surface area contributed by atoms with Gasteiger partial charge < -0.3 is 9.47 Å². The summed E-state index contributed by atoms with van der Waals surface area (Å²) in [4.78, 5) is 0. The number of hydrogen-bond donors (Lipinski definition) is 0. The summed E-state index contributed by atoms with van der Waals surface area (Å²) in [6.07, 6.45) is 15.3. The van der Waals surface area contributed by atoms with Crippen molar-refractivity contribution in [3.63, 3.8) is 0 Å². The van der Waals surface area contributed by atoms with Gasteiger partial charge in [0.25, 0.3) is 0 Å². The highest BCUT2D eigenvalue weighted by Crippen LogP contribution is 2.13. The van der Waals surface area contributed by atoms with E-state index < -0.39 is 0 Å². The first kappa shape index (κ1) is 17.5. The Morgan fingerprint density at radius 2 is 1.70 bits per heavy atom. The highest BCUT2D eigenvalue weighted by atomic mass is 16.7. The van der Waals surface area contributed by atoms with E-state index in [2.05, 4.69) is 18.8 Å². The van der Waals surface area contributed by atoms with E-state index in [-0.39, 0.29) is 6.29 Å². The summed E-state index contributed by atoms with van der Waals surface area (Å²) in [5.41, 5.74) is 0. The molecule has 1 saturated heterocycles. The number of unbranched alkanes of at least 4 members (excludes halogenated alkanes) is 8. The predicted molar refractivity (Wildman–Crippen MR) is 84.5 cm³/mol. The summed E-state index contributed by atoms with van der Waals surface area (Å²) in [5, 5.41) is 0. The van der Waals surface area contributed by atoms with E-state index in [1.165, 1.54) is 64.2 Å². The minimum atomic E-state index is 0.00108. The molecule has 1 aliphatic rings. The van der Waals surface area contributed by atoms with Crippen LogP contribution in [0, 0.1) is 11.8 Å². The Hall–Kier alpha value is -0.520. The molecule has 0 aliphatic carbocycles. The SMILES string of the molecule is CCCCCCCCCCC#CCOC1CCCCO1. The van der Waals surface area contributed by atoms with Gasteiger partial charge in [0.05, 0.1) is 0 Å². The summed E-state index contributed by atoms with van der Waals surface area (Å²) in [7, 11) is 0. The van der Waals surface area contributed by atoms with Crippen molar-refractivity contribution in [3.8, 4) is 11.8 Å². The Bertz CT molecular complexity index is 258. The summed E-state index contributed by atoms with van der Waals surface area (Å²) in [5.74, 6) is 6.30. The molecule has 20 heavy (non-hydrogen) atoms. The third-order valence-corrected chi connectivity index (χ3v) is 3.76. The average molecular weight is 280 g/mol. The first-order valence-corrected chi connectivity index (χ1v) is 8.62. The summed E-state index contributed by atoms with van der Waals surface area (Å²) < 4.78 is 11.1. The highest BCUT2D eigenvalue weighted by molar-refractivity contribution is 4.98. The van der Waals surface area contributed by atoms with Crippen LogP contribution in [0.5, 0.6) is 0 Å². The lowest BCUT2D eigenvalue weighted by Gasteiger charge is -2.21. The van der Waals surface area contributed by atoms with Crippen LogP contribution in [0.4, 0.5) is 0 Å². The average Bonchev–Trinajstić information content (AvgIpc) is 2.49. The van der Waals surface area contributed by atoms with Crippen molar-refractivity contribution in [2.45, 2.75) is 90.3 Å². The Morgan fingerprint density at radius 1 is 0.950 bits per heavy atom. The molecule has 1 rings (SSSR count). The van der Waals surface area contributed by atoms with E-state index in [9.17, 15) is 0 Å². The van der Waals surface area contributed by atoms with Crippen molar-refractivity contribution in [3.05, 3.63) is 0 Å². The van der Waals surface area contributed by atoms with Crippen LogP contribution in [0.1, 0.15) is 84.0 Å². The van der Waals surface area contributed by atoms with Crippen molar-refractivity contribution in [2.24, 2.45) is 0 Å². The van der Waals surface area contributed by atoms with Crippen LogP contribution in [0.3, 0.4) is 0 Å². The summed E-state index contributed by atoms with van der Waals surface area (Å²) >= 11 is 0. The molecule has 0 aromatic carbocycles. The van der Waals surface area contributed by atoms with Gasteiger partial charge in [0, 0.05) is 13.0 Å². The fourth-order valence-electron chi connectivity index (χ4n) is 2.46. The molecule has 0 spiro atoms. The zero-order valence-electron chi connectivity index (χ0n) is 13.3. The van der Waals surface area contributed by atoms with Gasteiger partial charge in [-0.05, 0) is 25.7 Å². The second kappa shape index (κ2) is 13.5. The highest BCUT2D eigenvalue weighted by Gasteiger charge is 2.12. The van der Waals surface area contributed by atoms with E-state index in [1.54, 1.807) is 0 Å². The van der Waals surface area contributed by atoms with E-state index >= 15 is 0 Å². The first-order valence-electron chi connectivity index (χ1n) is 8.62. The molecule has 2 heteroatoms. The molecule has 0 N–H and O–H groups in total. The lowest BCUT2D eigenvalue weighted by molar-refractivity contribution is -0.154. The Balaban J connectivity index is 1.80. The maximum absolute atomic E-state index is 5.57. The van der Waals surface area contributed by atoms with Crippen LogP contribution in [0.25, 0.3) is 0 Å². The van der Waals surface area contributed by atoms with Crippen LogP contribution in [0.15, 0.2) is 0 Å². The molecule has 1 aliphatic heterocycles. The molecule has 0 saturated carbocycles. The molecule has 0 aromatic heterocycles. The minimum Gasteiger partial charge on any atom is -0.353 e. The van der Waals surface area contributed by atoms with Crippen molar-refractivity contribution >= 4 is 0 Å². The van der Waals surface area contributed by atoms with Crippen molar-refractivity contribution in [1.29, 1.82) is 0 Å². The number of ether oxygens (including phenoxy) is 2. The molecular formula is C18H32O2. The zero-order valence-corrected chi connectivity index (χ0v) is 13.3. The fraction of sp³-hybridized carbons (Fsp3) is 0.889. The fourth-order valence-corrected chi connectivity index (χ4v) is 2.46. The Morgan fingerprint density at radius 3 is 2.40 bits per heavy atom. The molecule has 1 fully saturated rings. The topological polar surface area (TPSA) is 18.5 Å². The van der Waals surface area contributed by atoms with Gasteiger partial charge in [0.2, 0.25) is 0 Å². The molecule has 1 unspecified atom stereocenters. The molecule has 0 aromatic rings. The lowest BCUT2D eigenvalue weighted by atomic mass is 10.1. The van der Waals surface area contributed by atoms with Crippen LogP contribution in [-0.4, -0.2) is 19.5 Å². The molecular weight excluding hydrogens is 248 g/mol. The molecule has 116 valence electrons. The van der Waals surface area contributed by atoms with Crippen LogP contribution >= 0.6 is 0 Å². The second-order valence-corrected chi connectivity index (χ2v) is 5.69. The van der Waals surface area contributed by atoms with Gasteiger partial charge in [-0.15, -0.1) is 5.92 Å². The van der Waals surface area contributed by atoms with Gasteiger partial charge in [0.15, 0.2) is 6.29 Å². The van der Waals surface area contributed by atoms with Gasteiger partial charge >= 0.3 is 0 Å². The van der Waals surface area contributed by atoms with Gasteiger partial charge in [-0.3, -0.25) is 0 Å². The second-order valence-electron chi connectivity index (χ2n) is 5.69. The third-order valence-electron chi connectivity index (χ3n) is 3.76. The standard InChI is InChI=1S/C18H32O2/c1-2-3-4-5-6-7-8-9-10-11-13-16-19-18-15-12-14-17-20-18/h18H,2-10,12,14-17H2,1H3. The van der Waals surface area contributed by atoms with E-state index in [0.29, 0.717) is 6.61 Å². The summed E-state index contributed by atoms with van der Waals surface area (Å²) in [6, 6.07) is 0. The first-order chi connectivity index (χ1) is 9.93. The zero-order chi connectivity index (χ0) is 14.3.